The van der Waals surface area contributed by atoms with Crippen LogP contribution in [0.2, 0.25) is 5.02 Å². The molecular formula is C22H20ClFN4O2. The highest BCUT2D eigenvalue weighted by Gasteiger charge is 2.22. The lowest BCUT2D eigenvalue weighted by Gasteiger charge is -2.35. The Kier molecular flexibility index (Phi) is 6.09. The first-order chi connectivity index (χ1) is 14.6. The van der Waals surface area contributed by atoms with Crippen LogP contribution in [0.25, 0.3) is 11.3 Å². The molecule has 0 bridgehead atoms. The lowest BCUT2D eigenvalue weighted by Crippen LogP contribution is -2.50. The third-order valence-corrected chi connectivity index (χ3v) is 5.19. The van der Waals surface area contributed by atoms with Crippen LogP contribution in [0.15, 0.2) is 60.7 Å². The summed E-state index contributed by atoms with van der Waals surface area (Å²) in [6.07, 6.45) is 0. The smallest absolute Gasteiger partial charge is 0.260 e. The van der Waals surface area contributed by atoms with E-state index in [1.54, 1.807) is 17.0 Å². The lowest BCUT2D eigenvalue weighted by atomic mass is 10.1. The van der Waals surface area contributed by atoms with E-state index in [9.17, 15) is 9.18 Å². The molecule has 2 aromatic carbocycles. The number of rotatable bonds is 5. The van der Waals surface area contributed by atoms with Gasteiger partial charge >= 0.3 is 0 Å². The predicted octanol–water partition coefficient (Wildman–Crippen LogP) is 3.66. The van der Waals surface area contributed by atoms with Gasteiger partial charge in [-0.15, -0.1) is 10.2 Å². The zero-order valence-corrected chi connectivity index (χ0v) is 16.9. The molecule has 0 unspecified atom stereocenters. The van der Waals surface area contributed by atoms with Crippen molar-refractivity contribution in [2.75, 3.05) is 37.7 Å². The summed E-state index contributed by atoms with van der Waals surface area (Å²) in [4.78, 5) is 16.2. The summed E-state index contributed by atoms with van der Waals surface area (Å²) in [5, 5.41) is 9.31. The Bertz CT molecular complexity index is 1010. The van der Waals surface area contributed by atoms with Gasteiger partial charge in [0.1, 0.15) is 0 Å². The monoisotopic (exact) mass is 426 g/mol. The van der Waals surface area contributed by atoms with Crippen molar-refractivity contribution in [1.82, 2.24) is 15.1 Å². The second-order valence-electron chi connectivity index (χ2n) is 6.87. The van der Waals surface area contributed by atoms with Gasteiger partial charge in [-0.25, -0.2) is 4.39 Å². The second-order valence-corrected chi connectivity index (χ2v) is 7.31. The fourth-order valence-corrected chi connectivity index (χ4v) is 3.37. The van der Waals surface area contributed by atoms with Crippen molar-refractivity contribution in [1.29, 1.82) is 0 Å². The molecule has 0 aliphatic carbocycles. The van der Waals surface area contributed by atoms with E-state index in [2.05, 4.69) is 15.1 Å². The number of nitrogens with zero attached hydrogens (tertiary/aromatic N) is 4. The molecule has 1 aliphatic heterocycles. The summed E-state index contributed by atoms with van der Waals surface area (Å²) < 4.78 is 18.9. The number of benzene rings is 2. The third-order valence-electron chi connectivity index (χ3n) is 4.93. The van der Waals surface area contributed by atoms with E-state index < -0.39 is 5.82 Å². The summed E-state index contributed by atoms with van der Waals surface area (Å²) in [5.41, 5.74) is 1.72. The Balaban J connectivity index is 1.30. The van der Waals surface area contributed by atoms with Gasteiger partial charge in [-0.05, 0) is 36.4 Å². The fourth-order valence-electron chi connectivity index (χ4n) is 3.25. The largest absolute Gasteiger partial charge is 0.481 e. The number of amides is 1. The number of piperazine rings is 1. The Morgan fingerprint density at radius 1 is 0.967 bits per heavy atom. The molecule has 0 saturated carbocycles. The van der Waals surface area contributed by atoms with Gasteiger partial charge in [0.2, 0.25) is 0 Å². The molecule has 1 aliphatic rings. The van der Waals surface area contributed by atoms with Crippen molar-refractivity contribution in [3.8, 4) is 17.0 Å². The molecule has 0 atom stereocenters. The predicted molar refractivity (Wildman–Crippen MR) is 113 cm³/mol. The van der Waals surface area contributed by atoms with Gasteiger partial charge in [-0.2, -0.15) is 0 Å². The normalized spacial score (nSPS) is 13.9. The van der Waals surface area contributed by atoms with Gasteiger partial charge in [0.25, 0.3) is 5.91 Å². The molecule has 3 aromatic rings. The summed E-state index contributed by atoms with van der Waals surface area (Å²) >= 11 is 5.92. The summed E-state index contributed by atoms with van der Waals surface area (Å²) in [5.74, 6) is 0.209. The minimum atomic E-state index is -0.476. The molecule has 8 heteroatoms. The number of hydrogen-bond donors (Lipinski definition) is 0. The van der Waals surface area contributed by atoms with Crippen molar-refractivity contribution in [3.63, 3.8) is 0 Å². The van der Waals surface area contributed by atoms with E-state index in [1.807, 2.05) is 36.4 Å². The quantitative estimate of drug-likeness (QED) is 0.623. The fraction of sp³-hybridized carbons (Fsp3) is 0.227. The molecule has 154 valence electrons. The summed E-state index contributed by atoms with van der Waals surface area (Å²) in [6, 6.07) is 17.3. The third kappa shape index (κ3) is 4.68. The molecule has 4 rings (SSSR count). The highest BCUT2D eigenvalue weighted by molar-refractivity contribution is 6.30. The Morgan fingerprint density at radius 3 is 2.37 bits per heavy atom. The average molecular weight is 427 g/mol. The molecule has 1 saturated heterocycles. The number of halogens is 2. The van der Waals surface area contributed by atoms with Crippen LogP contribution < -0.4 is 9.64 Å². The van der Waals surface area contributed by atoms with Gasteiger partial charge in [0, 0.05) is 36.8 Å². The standard InChI is InChI=1S/C22H20ClFN4O2/c23-17-7-5-16(6-8-17)19-9-10-21(26-25-19)27-11-13-28(14-12-27)22(29)15-30-20-4-2-1-3-18(20)24/h1-10H,11-15H2. The molecule has 30 heavy (non-hydrogen) atoms. The minimum Gasteiger partial charge on any atom is -0.481 e. The molecule has 0 spiro atoms. The summed E-state index contributed by atoms with van der Waals surface area (Å²) in [6.45, 7) is 2.18. The van der Waals surface area contributed by atoms with Crippen molar-refractivity contribution in [2.45, 2.75) is 0 Å². The van der Waals surface area contributed by atoms with E-state index in [0.717, 1.165) is 17.1 Å². The first-order valence-corrected chi connectivity index (χ1v) is 9.98. The first kappa shape index (κ1) is 20.1. The number of ether oxygens (including phenoxy) is 1. The van der Waals surface area contributed by atoms with Gasteiger partial charge in [0.05, 0.1) is 5.69 Å². The molecule has 0 radical (unpaired) electrons. The molecule has 1 amide bonds. The first-order valence-electron chi connectivity index (χ1n) is 9.60. The molecule has 6 nitrogen and oxygen atoms in total. The van der Waals surface area contributed by atoms with Crippen molar-refractivity contribution in [2.24, 2.45) is 0 Å². The van der Waals surface area contributed by atoms with E-state index in [-0.39, 0.29) is 18.3 Å². The van der Waals surface area contributed by atoms with Crippen molar-refractivity contribution < 1.29 is 13.9 Å². The number of carbonyl (C=O) groups excluding carboxylic acids is 1. The number of carbonyl (C=O) groups is 1. The van der Waals surface area contributed by atoms with Crippen LogP contribution in [0.4, 0.5) is 10.2 Å². The molecule has 2 heterocycles. The van der Waals surface area contributed by atoms with Crippen LogP contribution in [-0.2, 0) is 4.79 Å². The SMILES string of the molecule is O=C(COc1ccccc1F)N1CCN(c2ccc(-c3ccc(Cl)cc3)nn2)CC1. The summed E-state index contributed by atoms with van der Waals surface area (Å²) in [7, 11) is 0. The maximum absolute atomic E-state index is 13.6. The zero-order valence-electron chi connectivity index (χ0n) is 16.2. The van der Waals surface area contributed by atoms with E-state index in [1.165, 1.54) is 12.1 Å². The van der Waals surface area contributed by atoms with E-state index in [4.69, 9.17) is 16.3 Å². The maximum atomic E-state index is 13.6. The van der Waals surface area contributed by atoms with E-state index >= 15 is 0 Å². The van der Waals surface area contributed by atoms with Gasteiger partial charge < -0.3 is 14.5 Å². The molecule has 1 aromatic heterocycles. The Morgan fingerprint density at radius 2 is 1.70 bits per heavy atom. The van der Waals surface area contributed by atoms with Crippen LogP contribution in [0.3, 0.4) is 0 Å². The van der Waals surface area contributed by atoms with Crippen LogP contribution >= 0.6 is 11.6 Å². The van der Waals surface area contributed by atoms with Crippen molar-refractivity contribution in [3.05, 3.63) is 71.5 Å². The Hall–Kier alpha value is -3.19. The van der Waals surface area contributed by atoms with Crippen LogP contribution in [0.1, 0.15) is 0 Å². The number of anilines is 1. The van der Waals surface area contributed by atoms with Crippen LogP contribution in [0, 0.1) is 5.82 Å². The highest BCUT2D eigenvalue weighted by atomic mass is 35.5. The number of para-hydroxylation sites is 1. The Labute approximate surface area is 178 Å². The second kappa shape index (κ2) is 9.09. The molecular weight excluding hydrogens is 407 g/mol. The molecule has 0 N–H and O–H groups in total. The number of hydrogen-bond acceptors (Lipinski definition) is 5. The average Bonchev–Trinajstić information content (AvgIpc) is 2.79. The highest BCUT2D eigenvalue weighted by Crippen LogP contribution is 2.21. The van der Waals surface area contributed by atoms with Gasteiger partial charge in [0.15, 0.2) is 24.0 Å². The molecule has 1 fully saturated rings. The maximum Gasteiger partial charge on any atom is 0.260 e. The number of aromatic nitrogens is 2. The zero-order chi connectivity index (χ0) is 20.9. The van der Waals surface area contributed by atoms with Gasteiger partial charge in [-0.3, -0.25) is 4.79 Å². The topological polar surface area (TPSA) is 58.6 Å². The lowest BCUT2D eigenvalue weighted by molar-refractivity contribution is -0.133. The minimum absolute atomic E-state index is 0.0838. The van der Waals surface area contributed by atoms with E-state index in [0.29, 0.717) is 31.2 Å². The van der Waals surface area contributed by atoms with Crippen LogP contribution in [0.5, 0.6) is 5.75 Å². The van der Waals surface area contributed by atoms with Crippen molar-refractivity contribution >= 4 is 23.3 Å². The van der Waals surface area contributed by atoms with Gasteiger partial charge in [-0.1, -0.05) is 35.9 Å². The van der Waals surface area contributed by atoms with Crippen LogP contribution in [-0.4, -0.2) is 53.8 Å².